The van der Waals surface area contributed by atoms with E-state index in [1.807, 2.05) is 0 Å². The second-order valence-corrected chi connectivity index (χ2v) is 6.66. The summed E-state index contributed by atoms with van der Waals surface area (Å²) in [6, 6.07) is 10.7. The van der Waals surface area contributed by atoms with E-state index in [0.29, 0.717) is 30.4 Å². The van der Waals surface area contributed by atoms with E-state index in [9.17, 15) is 13.9 Å². The molecule has 4 N–H and O–H groups in total. The quantitative estimate of drug-likeness (QED) is 0.681. The molecule has 0 fully saturated rings. The SMILES string of the molecule is O=C(O)c1cccc(Oc2ccc3c(c2)S(O)(O)NCCO3)c1. The van der Waals surface area contributed by atoms with Gasteiger partial charge < -0.3 is 14.6 Å². The maximum absolute atomic E-state index is 11.0. The molecule has 3 rings (SSSR count). The van der Waals surface area contributed by atoms with E-state index in [1.54, 1.807) is 24.3 Å². The first-order valence-electron chi connectivity index (χ1n) is 6.77. The third kappa shape index (κ3) is 3.40. The Balaban J connectivity index is 1.91. The van der Waals surface area contributed by atoms with E-state index < -0.39 is 16.7 Å². The molecular weight excluding hydrogens is 322 g/mol. The maximum Gasteiger partial charge on any atom is 0.335 e. The highest BCUT2D eigenvalue weighted by molar-refractivity contribution is 8.22. The molecule has 0 aliphatic carbocycles. The van der Waals surface area contributed by atoms with Gasteiger partial charge in [0.2, 0.25) is 0 Å². The minimum atomic E-state index is -3.16. The van der Waals surface area contributed by atoms with Gasteiger partial charge >= 0.3 is 5.97 Å². The third-order valence-electron chi connectivity index (χ3n) is 3.20. The monoisotopic (exact) mass is 337 g/mol. The summed E-state index contributed by atoms with van der Waals surface area (Å²) in [5.74, 6) is 0.00758. The molecule has 0 saturated carbocycles. The van der Waals surface area contributed by atoms with Gasteiger partial charge in [0.1, 0.15) is 28.8 Å². The summed E-state index contributed by atoms with van der Waals surface area (Å²) in [7, 11) is -3.16. The van der Waals surface area contributed by atoms with E-state index in [4.69, 9.17) is 14.6 Å². The van der Waals surface area contributed by atoms with E-state index >= 15 is 0 Å². The topological polar surface area (TPSA) is 108 Å². The van der Waals surface area contributed by atoms with Crippen LogP contribution in [0.1, 0.15) is 10.4 Å². The summed E-state index contributed by atoms with van der Waals surface area (Å²) < 4.78 is 33.9. The van der Waals surface area contributed by atoms with Gasteiger partial charge in [-0.1, -0.05) is 6.07 Å². The second kappa shape index (κ2) is 6.09. The smallest absolute Gasteiger partial charge is 0.335 e. The molecule has 0 bridgehead atoms. The molecule has 7 nitrogen and oxygen atoms in total. The van der Waals surface area contributed by atoms with Crippen LogP contribution < -0.4 is 14.2 Å². The Bertz CT molecular complexity index is 748. The molecule has 1 aliphatic heterocycles. The van der Waals surface area contributed by atoms with E-state index in [2.05, 4.69) is 4.72 Å². The van der Waals surface area contributed by atoms with Gasteiger partial charge in [-0.15, -0.1) is 10.8 Å². The number of hydrogen-bond donors (Lipinski definition) is 4. The molecule has 2 aromatic carbocycles. The van der Waals surface area contributed by atoms with Crippen LogP contribution >= 0.6 is 10.8 Å². The van der Waals surface area contributed by atoms with Gasteiger partial charge in [0.25, 0.3) is 0 Å². The number of benzene rings is 2. The van der Waals surface area contributed by atoms with Crippen LogP contribution in [0.15, 0.2) is 47.4 Å². The standard InChI is InChI=1S/C15H15NO6S/c17-15(18)10-2-1-3-11(8-10)22-12-4-5-13-14(9-12)23(19,20)16-6-7-21-13/h1-5,8-9,16,19-20H,6-7H2,(H,17,18). The molecule has 0 unspecified atom stereocenters. The lowest BCUT2D eigenvalue weighted by Gasteiger charge is -2.31. The van der Waals surface area contributed by atoms with Crippen LogP contribution in [0.3, 0.4) is 0 Å². The zero-order chi connectivity index (χ0) is 16.4. The molecule has 0 atom stereocenters. The van der Waals surface area contributed by atoms with Gasteiger partial charge in [-0.25, -0.2) is 9.52 Å². The Hall–Kier alpha value is -2.26. The van der Waals surface area contributed by atoms with Gasteiger partial charge in [0, 0.05) is 12.6 Å². The lowest BCUT2D eigenvalue weighted by atomic mass is 10.2. The van der Waals surface area contributed by atoms with Crippen LogP contribution in [0.4, 0.5) is 0 Å². The summed E-state index contributed by atoms with van der Waals surface area (Å²) in [6.07, 6.45) is 0. The number of nitrogens with one attached hydrogen (secondary N) is 1. The Morgan fingerprint density at radius 3 is 2.74 bits per heavy atom. The molecule has 0 spiro atoms. The lowest BCUT2D eigenvalue weighted by Crippen LogP contribution is -2.21. The van der Waals surface area contributed by atoms with Crippen LogP contribution in [0, 0.1) is 0 Å². The van der Waals surface area contributed by atoms with Gasteiger partial charge in [0.15, 0.2) is 0 Å². The predicted molar refractivity (Wildman–Crippen MR) is 84.5 cm³/mol. The average molecular weight is 337 g/mol. The molecular formula is C15H15NO6S. The van der Waals surface area contributed by atoms with E-state index in [-0.39, 0.29) is 10.5 Å². The van der Waals surface area contributed by atoms with Crippen molar-refractivity contribution in [1.82, 2.24) is 4.72 Å². The van der Waals surface area contributed by atoms with E-state index in [0.717, 1.165) is 0 Å². The van der Waals surface area contributed by atoms with Gasteiger partial charge in [-0.2, -0.15) is 0 Å². The van der Waals surface area contributed by atoms with Crippen molar-refractivity contribution in [3.63, 3.8) is 0 Å². The summed E-state index contributed by atoms with van der Waals surface area (Å²) in [5, 5.41) is 8.99. The Morgan fingerprint density at radius 2 is 1.96 bits per heavy atom. The number of rotatable bonds is 3. The number of carbonyl (C=O) groups is 1. The molecule has 23 heavy (non-hydrogen) atoms. The third-order valence-corrected chi connectivity index (χ3v) is 4.74. The Kier molecular flexibility index (Phi) is 4.14. The van der Waals surface area contributed by atoms with Crippen molar-refractivity contribution in [3.8, 4) is 17.2 Å². The van der Waals surface area contributed by atoms with Gasteiger partial charge in [0.05, 0.1) is 5.56 Å². The average Bonchev–Trinajstić information content (AvgIpc) is 2.66. The molecule has 0 saturated heterocycles. The van der Waals surface area contributed by atoms with Crippen molar-refractivity contribution >= 4 is 16.7 Å². The number of ether oxygens (including phenoxy) is 2. The first kappa shape index (κ1) is 15.6. The zero-order valence-corrected chi connectivity index (χ0v) is 12.7. The highest BCUT2D eigenvalue weighted by Crippen LogP contribution is 2.51. The van der Waals surface area contributed by atoms with Crippen molar-refractivity contribution in [1.29, 1.82) is 0 Å². The van der Waals surface area contributed by atoms with Crippen LogP contribution in [-0.4, -0.2) is 33.3 Å². The fourth-order valence-corrected chi connectivity index (χ4v) is 3.36. The number of carboxylic acids is 1. The summed E-state index contributed by atoms with van der Waals surface area (Å²) in [4.78, 5) is 11.2. The molecule has 0 radical (unpaired) electrons. The van der Waals surface area contributed by atoms with Crippen LogP contribution in [0.2, 0.25) is 0 Å². The van der Waals surface area contributed by atoms with Crippen molar-refractivity contribution in [3.05, 3.63) is 48.0 Å². The highest BCUT2D eigenvalue weighted by atomic mass is 32.3. The Morgan fingerprint density at radius 1 is 1.17 bits per heavy atom. The molecule has 0 amide bonds. The first-order valence-corrected chi connectivity index (χ1v) is 8.31. The minimum absolute atomic E-state index is 0.103. The van der Waals surface area contributed by atoms with E-state index in [1.165, 1.54) is 18.2 Å². The summed E-state index contributed by atoms with van der Waals surface area (Å²) >= 11 is 0. The number of hydrogen-bond acceptors (Lipinski definition) is 6. The minimum Gasteiger partial charge on any atom is -0.490 e. The largest absolute Gasteiger partial charge is 0.490 e. The summed E-state index contributed by atoms with van der Waals surface area (Å²) in [5.41, 5.74) is 0.103. The summed E-state index contributed by atoms with van der Waals surface area (Å²) in [6.45, 7) is 0.636. The first-order chi connectivity index (χ1) is 11.0. The lowest BCUT2D eigenvalue weighted by molar-refractivity contribution is 0.0696. The highest BCUT2D eigenvalue weighted by Gasteiger charge is 2.24. The van der Waals surface area contributed by atoms with Crippen molar-refractivity contribution in [2.75, 3.05) is 13.2 Å². The number of fused-ring (bicyclic) bond motifs is 1. The maximum atomic E-state index is 11.0. The van der Waals surface area contributed by atoms with Gasteiger partial charge in [-0.05, 0) is 30.3 Å². The molecule has 122 valence electrons. The fraction of sp³-hybridized carbons (Fsp3) is 0.133. The molecule has 0 aromatic heterocycles. The molecule has 8 heteroatoms. The zero-order valence-electron chi connectivity index (χ0n) is 11.9. The van der Waals surface area contributed by atoms with Crippen molar-refractivity contribution in [2.24, 2.45) is 0 Å². The van der Waals surface area contributed by atoms with Crippen LogP contribution in [0.25, 0.3) is 0 Å². The molecule has 1 aliphatic rings. The van der Waals surface area contributed by atoms with Gasteiger partial charge in [-0.3, -0.25) is 9.11 Å². The van der Waals surface area contributed by atoms with Crippen molar-refractivity contribution in [2.45, 2.75) is 4.90 Å². The number of carboxylic acid groups (broad SMARTS) is 1. The normalized spacial score (nSPS) is 17.3. The molecule has 1 heterocycles. The molecule has 2 aromatic rings. The van der Waals surface area contributed by atoms with Crippen molar-refractivity contribution < 1.29 is 28.5 Å². The predicted octanol–water partition coefficient (Wildman–Crippen LogP) is 3.18. The Labute approximate surface area is 134 Å². The van der Waals surface area contributed by atoms with Crippen LogP contribution in [-0.2, 0) is 0 Å². The number of aromatic carboxylic acids is 1. The fourth-order valence-electron chi connectivity index (χ4n) is 2.14. The van der Waals surface area contributed by atoms with Crippen LogP contribution in [0.5, 0.6) is 17.2 Å². The second-order valence-electron chi connectivity index (χ2n) is 4.84.